The molecule has 29 heavy (non-hydrogen) atoms. The van der Waals surface area contributed by atoms with E-state index in [0.717, 1.165) is 38.8 Å². The van der Waals surface area contributed by atoms with Gasteiger partial charge in [-0.3, -0.25) is 4.79 Å². The minimum Gasteiger partial charge on any atom is -0.371 e. The highest BCUT2D eigenvalue weighted by Crippen LogP contribution is 2.25. The van der Waals surface area contributed by atoms with Crippen LogP contribution in [0.25, 0.3) is 0 Å². The quantitative estimate of drug-likeness (QED) is 0.786. The molecule has 0 aromatic heterocycles. The third-order valence-corrected chi connectivity index (χ3v) is 6.27. The van der Waals surface area contributed by atoms with Crippen molar-refractivity contribution in [1.82, 2.24) is 10.6 Å². The van der Waals surface area contributed by atoms with Crippen LogP contribution in [-0.4, -0.2) is 37.1 Å². The van der Waals surface area contributed by atoms with Crippen molar-refractivity contribution in [3.8, 4) is 0 Å². The van der Waals surface area contributed by atoms with Crippen molar-refractivity contribution in [1.29, 1.82) is 0 Å². The zero-order valence-electron chi connectivity index (χ0n) is 17.0. The number of benzene rings is 2. The molecule has 154 valence electrons. The molecule has 1 aliphatic heterocycles. The predicted octanol–water partition coefficient (Wildman–Crippen LogP) is 3.58. The van der Waals surface area contributed by atoms with Crippen LogP contribution in [-0.2, 0) is 11.2 Å². The van der Waals surface area contributed by atoms with E-state index in [1.165, 1.54) is 17.3 Å². The van der Waals surface area contributed by atoms with Gasteiger partial charge in [0.05, 0.1) is 6.42 Å². The van der Waals surface area contributed by atoms with Gasteiger partial charge in [-0.15, -0.1) is 0 Å². The van der Waals surface area contributed by atoms with Gasteiger partial charge in [-0.2, -0.15) is 0 Å². The molecule has 2 aromatic rings. The second kappa shape index (κ2) is 8.95. The number of carbonyl (C=O) groups is 1. The highest BCUT2D eigenvalue weighted by molar-refractivity contribution is 5.79. The number of rotatable bonds is 6. The SMILES string of the molecule is Cc1ccc(N2CCC(NC3CCC3NC(=O)Cc3ccccc3F)CC2)cc1. The number of piperidine rings is 1. The Morgan fingerprint density at radius 3 is 2.34 bits per heavy atom. The van der Waals surface area contributed by atoms with Crippen LogP contribution in [0.5, 0.6) is 0 Å². The molecule has 1 heterocycles. The molecule has 2 atom stereocenters. The summed E-state index contributed by atoms with van der Waals surface area (Å²) in [6.07, 6.45) is 4.40. The zero-order chi connectivity index (χ0) is 20.2. The van der Waals surface area contributed by atoms with E-state index in [9.17, 15) is 9.18 Å². The van der Waals surface area contributed by atoms with Gasteiger partial charge in [0.1, 0.15) is 5.82 Å². The molecule has 1 saturated carbocycles. The summed E-state index contributed by atoms with van der Waals surface area (Å²) < 4.78 is 13.7. The first-order valence-corrected chi connectivity index (χ1v) is 10.7. The lowest BCUT2D eigenvalue weighted by molar-refractivity contribution is -0.122. The molecular weight excluding hydrogens is 365 g/mol. The van der Waals surface area contributed by atoms with E-state index in [0.29, 0.717) is 17.6 Å². The van der Waals surface area contributed by atoms with Crippen molar-refractivity contribution < 1.29 is 9.18 Å². The molecule has 4 nitrogen and oxygen atoms in total. The van der Waals surface area contributed by atoms with Crippen molar-refractivity contribution in [3.05, 3.63) is 65.5 Å². The molecule has 5 heteroatoms. The lowest BCUT2D eigenvalue weighted by atomic mass is 9.84. The Hall–Kier alpha value is -2.40. The highest BCUT2D eigenvalue weighted by Gasteiger charge is 2.34. The smallest absolute Gasteiger partial charge is 0.224 e. The Labute approximate surface area is 172 Å². The summed E-state index contributed by atoms with van der Waals surface area (Å²) in [6, 6.07) is 16.2. The Morgan fingerprint density at radius 1 is 1.00 bits per heavy atom. The van der Waals surface area contributed by atoms with Gasteiger partial charge in [0.15, 0.2) is 0 Å². The maximum Gasteiger partial charge on any atom is 0.224 e. The number of aryl methyl sites for hydroxylation is 1. The third kappa shape index (κ3) is 4.96. The van der Waals surface area contributed by atoms with E-state index in [4.69, 9.17) is 0 Å². The number of hydrogen-bond donors (Lipinski definition) is 2. The molecule has 2 fully saturated rings. The molecule has 2 N–H and O–H groups in total. The minimum absolute atomic E-state index is 0.0965. The fourth-order valence-electron chi connectivity index (χ4n) is 4.31. The lowest BCUT2D eigenvalue weighted by Gasteiger charge is -2.42. The number of hydrogen-bond acceptors (Lipinski definition) is 3. The van der Waals surface area contributed by atoms with Gasteiger partial charge >= 0.3 is 0 Å². The minimum atomic E-state index is -0.314. The van der Waals surface area contributed by atoms with Crippen LogP contribution in [0.1, 0.15) is 36.8 Å². The molecule has 4 rings (SSSR count). The monoisotopic (exact) mass is 395 g/mol. The van der Waals surface area contributed by atoms with Crippen molar-refractivity contribution in [2.45, 2.75) is 57.2 Å². The Kier molecular flexibility index (Phi) is 6.14. The van der Waals surface area contributed by atoms with Gasteiger partial charge in [-0.1, -0.05) is 35.9 Å². The maximum atomic E-state index is 13.7. The fraction of sp³-hybridized carbons (Fsp3) is 0.458. The van der Waals surface area contributed by atoms with Gasteiger partial charge in [0.2, 0.25) is 5.91 Å². The first kappa shape index (κ1) is 19.9. The largest absolute Gasteiger partial charge is 0.371 e. The van der Waals surface area contributed by atoms with E-state index < -0.39 is 0 Å². The lowest BCUT2D eigenvalue weighted by Crippen LogP contribution is -2.60. The number of nitrogens with one attached hydrogen (secondary N) is 2. The first-order valence-electron chi connectivity index (χ1n) is 10.7. The molecule has 2 aliphatic rings. The summed E-state index contributed by atoms with van der Waals surface area (Å²) >= 11 is 0. The van der Waals surface area contributed by atoms with Crippen LogP contribution in [0.2, 0.25) is 0 Å². The van der Waals surface area contributed by atoms with Crippen LogP contribution >= 0.6 is 0 Å². The molecule has 1 amide bonds. The van der Waals surface area contributed by atoms with E-state index in [2.05, 4.69) is 46.7 Å². The zero-order valence-corrected chi connectivity index (χ0v) is 17.0. The molecule has 2 aromatic carbocycles. The van der Waals surface area contributed by atoms with Gasteiger partial charge in [0.25, 0.3) is 0 Å². The normalized spacial score (nSPS) is 22.2. The summed E-state index contributed by atoms with van der Waals surface area (Å²) in [4.78, 5) is 14.8. The Bertz CT molecular complexity index is 830. The number of carbonyl (C=O) groups excluding carboxylic acids is 1. The van der Waals surface area contributed by atoms with Crippen LogP contribution in [0.15, 0.2) is 48.5 Å². The van der Waals surface area contributed by atoms with Crippen molar-refractivity contribution in [2.24, 2.45) is 0 Å². The molecule has 0 spiro atoms. The average molecular weight is 396 g/mol. The third-order valence-electron chi connectivity index (χ3n) is 6.27. The van der Waals surface area contributed by atoms with Crippen molar-refractivity contribution >= 4 is 11.6 Å². The number of halogens is 1. The maximum absolute atomic E-state index is 13.7. The van der Waals surface area contributed by atoms with E-state index in [-0.39, 0.29) is 24.2 Å². The highest BCUT2D eigenvalue weighted by atomic mass is 19.1. The van der Waals surface area contributed by atoms with Crippen LogP contribution in [0, 0.1) is 12.7 Å². The predicted molar refractivity (Wildman–Crippen MR) is 115 cm³/mol. The summed E-state index contributed by atoms with van der Waals surface area (Å²) in [5.74, 6) is -0.410. The first-order chi connectivity index (χ1) is 14.1. The van der Waals surface area contributed by atoms with Crippen LogP contribution in [0.3, 0.4) is 0 Å². The van der Waals surface area contributed by atoms with E-state index in [1.807, 2.05) is 0 Å². The molecule has 1 aliphatic carbocycles. The number of anilines is 1. The van der Waals surface area contributed by atoms with Crippen molar-refractivity contribution in [3.63, 3.8) is 0 Å². The molecular formula is C24H30FN3O. The number of amides is 1. The standard InChI is InChI=1S/C24H30FN3O/c1-17-6-8-20(9-7-17)28-14-12-19(13-15-28)26-22-10-11-23(22)27-24(29)16-18-4-2-3-5-21(18)25/h2-9,19,22-23,26H,10-16H2,1H3,(H,27,29). The second-order valence-electron chi connectivity index (χ2n) is 8.39. The fourth-order valence-corrected chi connectivity index (χ4v) is 4.31. The number of nitrogens with zero attached hydrogens (tertiary/aromatic N) is 1. The van der Waals surface area contributed by atoms with E-state index >= 15 is 0 Å². The van der Waals surface area contributed by atoms with Crippen molar-refractivity contribution in [2.75, 3.05) is 18.0 Å². The second-order valence-corrected chi connectivity index (χ2v) is 8.39. The van der Waals surface area contributed by atoms with Crippen LogP contribution < -0.4 is 15.5 Å². The van der Waals surface area contributed by atoms with Gasteiger partial charge in [-0.25, -0.2) is 4.39 Å². The molecule has 1 saturated heterocycles. The average Bonchev–Trinajstić information content (AvgIpc) is 2.72. The summed E-state index contributed by atoms with van der Waals surface area (Å²) in [6.45, 7) is 4.22. The Morgan fingerprint density at radius 2 is 1.69 bits per heavy atom. The van der Waals surface area contributed by atoms with Gasteiger partial charge in [0, 0.05) is 36.9 Å². The molecule has 0 bridgehead atoms. The van der Waals surface area contributed by atoms with Crippen LogP contribution in [0.4, 0.5) is 10.1 Å². The summed E-state index contributed by atoms with van der Waals surface area (Å²) in [5.41, 5.74) is 3.05. The Balaban J connectivity index is 1.22. The summed E-state index contributed by atoms with van der Waals surface area (Å²) in [5, 5.41) is 6.84. The van der Waals surface area contributed by atoms with E-state index in [1.54, 1.807) is 18.2 Å². The van der Waals surface area contributed by atoms with Gasteiger partial charge < -0.3 is 15.5 Å². The molecule has 0 radical (unpaired) electrons. The van der Waals surface area contributed by atoms with Gasteiger partial charge in [-0.05, 0) is 56.4 Å². The molecule has 2 unspecified atom stereocenters. The topological polar surface area (TPSA) is 44.4 Å². The summed E-state index contributed by atoms with van der Waals surface area (Å²) in [7, 11) is 0.